The average Bonchev–Trinajstić information content (AvgIpc) is 3.40. The van der Waals surface area contributed by atoms with Crippen LogP contribution in [0.2, 0.25) is 0 Å². The molecule has 0 unspecified atom stereocenters. The summed E-state index contributed by atoms with van der Waals surface area (Å²) in [6.07, 6.45) is 6.62. The first-order chi connectivity index (χ1) is 18.2. The molecule has 2 aromatic carbocycles. The minimum Gasteiger partial charge on any atom is -0.312 e. The molecule has 1 fully saturated rings. The van der Waals surface area contributed by atoms with Gasteiger partial charge in [0.1, 0.15) is 5.39 Å². The van der Waals surface area contributed by atoms with Crippen molar-refractivity contribution in [3.05, 3.63) is 107 Å². The zero-order chi connectivity index (χ0) is 25.2. The maximum atomic E-state index is 12.0. The number of piperidine rings is 1. The van der Waals surface area contributed by atoms with Gasteiger partial charge < -0.3 is 4.98 Å². The second-order valence-corrected chi connectivity index (χ2v) is 9.33. The van der Waals surface area contributed by atoms with E-state index >= 15 is 0 Å². The molecular weight excluding hydrogens is 462 g/mol. The van der Waals surface area contributed by atoms with Crippen LogP contribution in [0.3, 0.4) is 0 Å². The Kier molecular flexibility index (Phi) is 6.05. The highest BCUT2D eigenvalue weighted by atomic mass is 16.1. The van der Waals surface area contributed by atoms with E-state index in [4.69, 9.17) is 6.57 Å². The maximum Gasteiger partial charge on any atom is 0.261 e. The van der Waals surface area contributed by atoms with Crippen LogP contribution in [0.4, 0.5) is 5.69 Å². The Bertz CT molecular complexity index is 1640. The van der Waals surface area contributed by atoms with E-state index in [1.807, 2.05) is 41.1 Å². The number of likely N-dealkylation sites (tertiary alicyclic amines) is 1. The van der Waals surface area contributed by atoms with Gasteiger partial charge in [0.15, 0.2) is 5.65 Å². The predicted molar refractivity (Wildman–Crippen MR) is 143 cm³/mol. The molecule has 8 heteroatoms. The summed E-state index contributed by atoms with van der Waals surface area (Å²) in [5.74, 6) is 0. The fourth-order valence-electron chi connectivity index (χ4n) is 5.07. The van der Waals surface area contributed by atoms with Crippen molar-refractivity contribution < 1.29 is 0 Å². The van der Waals surface area contributed by atoms with Crippen molar-refractivity contribution in [3.63, 3.8) is 0 Å². The molecule has 1 saturated heterocycles. The summed E-state index contributed by atoms with van der Waals surface area (Å²) in [5.41, 5.74) is 6.22. The van der Waals surface area contributed by atoms with Crippen molar-refractivity contribution in [2.24, 2.45) is 0 Å². The van der Waals surface area contributed by atoms with Crippen LogP contribution in [-0.2, 0) is 6.54 Å². The minimum absolute atomic E-state index is 0.148. The number of aromatic nitrogens is 5. The van der Waals surface area contributed by atoms with E-state index in [9.17, 15) is 4.79 Å². The van der Waals surface area contributed by atoms with Gasteiger partial charge in [0, 0.05) is 31.4 Å². The summed E-state index contributed by atoms with van der Waals surface area (Å²) in [6.45, 7) is 10.2. The van der Waals surface area contributed by atoms with Crippen LogP contribution >= 0.6 is 0 Å². The van der Waals surface area contributed by atoms with E-state index in [1.54, 1.807) is 12.4 Å². The van der Waals surface area contributed by atoms with Crippen LogP contribution in [0.25, 0.3) is 38.3 Å². The zero-order valence-electron chi connectivity index (χ0n) is 20.2. The number of hydrogen-bond donors (Lipinski definition) is 1. The molecule has 3 aromatic heterocycles. The first-order valence-electron chi connectivity index (χ1n) is 12.3. The van der Waals surface area contributed by atoms with E-state index in [0.717, 1.165) is 54.9 Å². The standard InChI is InChI=1S/C29H25N7O/c1-30-23-15-25(21-5-3-2-4-6-21)27(31-16-23)22-9-7-20(8-10-22)18-35-13-11-24(12-14-35)36-28-26(17-34-36)29(37)33-19-32-28/h2-10,15-17,19,24H,11-14,18H2,(H,32,33,37). The van der Waals surface area contributed by atoms with Crippen molar-refractivity contribution in [3.8, 4) is 22.4 Å². The fraction of sp³-hybridized carbons (Fsp3) is 0.207. The quantitative estimate of drug-likeness (QED) is 0.343. The average molecular weight is 488 g/mol. The van der Waals surface area contributed by atoms with Crippen molar-refractivity contribution in [1.82, 2.24) is 29.6 Å². The van der Waals surface area contributed by atoms with Gasteiger partial charge in [0.25, 0.3) is 5.56 Å². The maximum absolute atomic E-state index is 12.0. The lowest BCUT2D eigenvalue weighted by Gasteiger charge is -2.32. The Balaban J connectivity index is 1.15. The Morgan fingerprint density at radius 1 is 0.973 bits per heavy atom. The molecule has 1 aliphatic heterocycles. The minimum atomic E-state index is -0.148. The number of fused-ring (bicyclic) bond motifs is 1. The van der Waals surface area contributed by atoms with Crippen molar-refractivity contribution in [2.75, 3.05) is 13.1 Å². The molecule has 4 heterocycles. The third-order valence-electron chi connectivity index (χ3n) is 7.02. The van der Waals surface area contributed by atoms with Crippen LogP contribution in [0.15, 0.2) is 84.2 Å². The zero-order valence-corrected chi connectivity index (χ0v) is 20.2. The number of hydrogen-bond acceptors (Lipinski definition) is 5. The van der Waals surface area contributed by atoms with E-state index in [0.29, 0.717) is 16.7 Å². The highest BCUT2D eigenvalue weighted by Gasteiger charge is 2.23. The summed E-state index contributed by atoms with van der Waals surface area (Å²) in [5, 5.41) is 5.00. The van der Waals surface area contributed by atoms with Gasteiger partial charge in [-0.3, -0.25) is 14.7 Å². The van der Waals surface area contributed by atoms with Crippen LogP contribution in [-0.4, -0.2) is 42.7 Å². The number of H-pyrrole nitrogens is 1. The van der Waals surface area contributed by atoms with Crippen molar-refractivity contribution in [1.29, 1.82) is 0 Å². The first-order valence-corrected chi connectivity index (χ1v) is 12.3. The second kappa shape index (κ2) is 9.80. The van der Waals surface area contributed by atoms with Crippen LogP contribution in [0.5, 0.6) is 0 Å². The smallest absolute Gasteiger partial charge is 0.261 e. The molecule has 1 N–H and O–H groups in total. The normalized spacial score (nSPS) is 14.6. The molecule has 0 aliphatic carbocycles. The fourth-order valence-corrected chi connectivity index (χ4v) is 5.07. The molecule has 1 aliphatic rings. The van der Waals surface area contributed by atoms with Gasteiger partial charge in [0.05, 0.1) is 30.8 Å². The highest BCUT2D eigenvalue weighted by Crippen LogP contribution is 2.33. The SMILES string of the molecule is [C-]#[N+]c1cnc(-c2ccc(CN3CCC(n4ncc5c(=O)[nH]cnc54)CC3)cc2)c(-c2ccccc2)c1. The lowest BCUT2D eigenvalue weighted by Crippen LogP contribution is -2.34. The predicted octanol–water partition coefficient (Wildman–Crippen LogP) is 5.24. The molecule has 6 rings (SSSR count). The molecule has 0 saturated carbocycles. The van der Waals surface area contributed by atoms with E-state index < -0.39 is 0 Å². The van der Waals surface area contributed by atoms with E-state index in [1.165, 1.54) is 11.9 Å². The van der Waals surface area contributed by atoms with Gasteiger partial charge in [-0.05, 0) is 35.6 Å². The molecule has 37 heavy (non-hydrogen) atoms. The van der Waals surface area contributed by atoms with Gasteiger partial charge in [-0.2, -0.15) is 5.10 Å². The highest BCUT2D eigenvalue weighted by molar-refractivity contribution is 5.83. The lowest BCUT2D eigenvalue weighted by molar-refractivity contribution is 0.175. The van der Waals surface area contributed by atoms with Gasteiger partial charge in [-0.25, -0.2) is 14.5 Å². The van der Waals surface area contributed by atoms with Crippen LogP contribution < -0.4 is 5.56 Å². The molecule has 0 bridgehead atoms. The summed E-state index contributed by atoms with van der Waals surface area (Å²) in [4.78, 5) is 29.6. The molecule has 0 spiro atoms. The molecule has 5 aromatic rings. The van der Waals surface area contributed by atoms with Gasteiger partial charge in [0.2, 0.25) is 5.69 Å². The molecular formula is C29H25N7O. The van der Waals surface area contributed by atoms with E-state index in [2.05, 4.69) is 54.1 Å². The number of nitrogens with zero attached hydrogens (tertiary/aromatic N) is 6. The Morgan fingerprint density at radius 2 is 1.76 bits per heavy atom. The topological polar surface area (TPSA) is 84.1 Å². The van der Waals surface area contributed by atoms with Gasteiger partial charge >= 0.3 is 0 Å². The molecule has 182 valence electrons. The molecule has 0 amide bonds. The lowest BCUT2D eigenvalue weighted by atomic mass is 9.98. The monoisotopic (exact) mass is 487 g/mol. The largest absolute Gasteiger partial charge is 0.312 e. The summed E-state index contributed by atoms with van der Waals surface area (Å²) in [6, 6.07) is 20.8. The Labute approximate surface area is 214 Å². The second-order valence-electron chi connectivity index (χ2n) is 9.33. The molecule has 0 atom stereocenters. The van der Waals surface area contributed by atoms with Crippen LogP contribution in [0.1, 0.15) is 24.4 Å². The first kappa shape index (κ1) is 22.8. The number of aromatic amines is 1. The number of rotatable bonds is 5. The Hall–Kier alpha value is -4.61. The number of benzene rings is 2. The summed E-state index contributed by atoms with van der Waals surface area (Å²) >= 11 is 0. The van der Waals surface area contributed by atoms with Crippen molar-refractivity contribution >= 4 is 16.7 Å². The Morgan fingerprint density at radius 3 is 2.51 bits per heavy atom. The molecule has 0 radical (unpaired) electrons. The summed E-state index contributed by atoms with van der Waals surface area (Å²) in [7, 11) is 0. The van der Waals surface area contributed by atoms with Gasteiger partial charge in [-0.15, -0.1) is 0 Å². The third-order valence-corrected chi connectivity index (χ3v) is 7.02. The van der Waals surface area contributed by atoms with E-state index in [-0.39, 0.29) is 11.6 Å². The number of nitrogens with one attached hydrogen (secondary N) is 1. The molecule has 8 nitrogen and oxygen atoms in total. The third kappa shape index (κ3) is 4.53. The number of pyridine rings is 1. The van der Waals surface area contributed by atoms with Gasteiger partial charge in [-0.1, -0.05) is 54.6 Å². The van der Waals surface area contributed by atoms with Crippen LogP contribution in [0, 0.1) is 6.57 Å². The summed E-state index contributed by atoms with van der Waals surface area (Å²) < 4.78 is 1.91. The van der Waals surface area contributed by atoms with Crippen molar-refractivity contribution in [2.45, 2.75) is 25.4 Å².